The van der Waals surface area contributed by atoms with E-state index in [0.29, 0.717) is 25.9 Å². The van der Waals surface area contributed by atoms with Gasteiger partial charge in [-0.2, -0.15) is 87.8 Å². The van der Waals surface area contributed by atoms with Gasteiger partial charge in [0.15, 0.2) is 10.1 Å². The number of alkyl halides is 20. The maximum atomic E-state index is 13.8. The van der Waals surface area contributed by atoms with Gasteiger partial charge in [0, 0.05) is 25.7 Å². The van der Waals surface area contributed by atoms with Crippen molar-refractivity contribution in [2.24, 2.45) is 0 Å². The van der Waals surface area contributed by atoms with E-state index in [2.05, 4.69) is 0 Å². The minimum atomic E-state index is -8.57. The zero-order chi connectivity index (χ0) is 34.4. The molecule has 254 valence electrons. The van der Waals surface area contributed by atoms with E-state index in [1.807, 2.05) is 0 Å². The van der Waals surface area contributed by atoms with Gasteiger partial charge in [0.25, 0.3) is 0 Å². The second-order valence-corrected chi connectivity index (χ2v) is 10.5. The monoisotopic (exact) mass is 695 g/mol. The lowest BCUT2D eigenvalue weighted by molar-refractivity contribution is -0.898. The van der Waals surface area contributed by atoms with Crippen molar-refractivity contribution >= 4 is 10.1 Å². The Morgan fingerprint density at radius 1 is 0.571 bits per heavy atom. The van der Waals surface area contributed by atoms with Crippen LogP contribution >= 0.6 is 0 Å². The van der Waals surface area contributed by atoms with E-state index in [9.17, 15) is 87.8 Å². The number of hydrogen-bond acceptors (Lipinski definition) is 3. The molecule has 1 aliphatic heterocycles. The van der Waals surface area contributed by atoms with Crippen molar-refractivity contribution in [3.63, 3.8) is 0 Å². The Bertz CT molecular complexity index is 1030. The number of halogens is 20. The summed E-state index contributed by atoms with van der Waals surface area (Å²) in [5, 5.41) is 0. The zero-order valence-corrected chi connectivity index (χ0v) is 20.9. The smallest absolute Gasteiger partial charge is 0.485 e. The fourth-order valence-electron chi connectivity index (χ4n) is 3.36. The lowest BCUT2D eigenvalue weighted by Gasteiger charge is -2.43. The molecule has 0 aliphatic carbocycles. The van der Waals surface area contributed by atoms with Crippen molar-refractivity contribution in [3.05, 3.63) is 0 Å². The molecule has 0 radical (unpaired) electrons. The number of hydrogen-bond donors (Lipinski definition) is 0. The molecule has 0 saturated carbocycles. The van der Waals surface area contributed by atoms with Crippen molar-refractivity contribution < 1.29 is 105 Å². The maximum Gasteiger partial charge on any atom is 0.485 e. The molecule has 42 heavy (non-hydrogen) atoms. The molecule has 0 aromatic heterocycles. The largest absolute Gasteiger partial charge is 0.741 e. The molecule has 0 amide bonds. The fraction of sp³-hybridized carbons (Fsp3) is 1.00. The highest BCUT2D eigenvalue weighted by atomic mass is 32.2. The molecule has 0 bridgehead atoms. The van der Waals surface area contributed by atoms with Crippen LogP contribution in [0.15, 0.2) is 0 Å². The molecular weight excluding hydrogens is 678 g/mol. The van der Waals surface area contributed by atoms with Gasteiger partial charge >= 0.3 is 53.1 Å². The first-order valence-electron chi connectivity index (χ1n) is 10.5. The SMILES string of the molecule is C[N+]1(CCCC(F)(F)C(F)(F)C(F)(F)C(F)(F)C(F)(F)C(F)(F)C(F)(F)C(F)(F)F)CCCC1.O=S(=O)([O-])C(F)(F)F. The second kappa shape index (κ2) is 11.4. The Morgan fingerprint density at radius 2 is 0.857 bits per heavy atom. The lowest BCUT2D eigenvalue weighted by Crippen LogP contribution is -2.74. The molecular formula is C17H17F20NO3S. The van der Waals surface area contributed by atoms with Crippen LogP contribution in [0.1, 0.15) is 25.7 Å². The van der Waals surface area contributed by atoms with E-state index < -0.39 is 76.1 Å². The third-order valence-electron chi connectivity index (χ3n) is 5.91. The Hall–Kier alpha value is -1.53. The first kappa shape index (κ1) is 40.5. The van der Waals surface area contributed by atoms with Crippen molar-refractivity contribution in [2.75, 3.05) is 26.7 Å². The van der Waals surface area contributed by atoms with Gasteiger partial charge in [0.2, 0.25) is 0 Å². The summed E-state index contributed by atoms with van der Waals surface area (Å²) >= 11 is 0. The van der Waals surface area contributed by atoms with E-state index in [-0.39, 0.29) is 11.0 Å². The summed E-state index contributed by atoms with van der Waals surface area (Å²) in [6.07, 6.45) is -10.0. The molecule has 1 heterocycles. The predicted molar refractivity (Wildman–Crippen MR) is 95.7 cm³/mol. The second-order valence-electron chi connectivity index (χ2n) is 9.15. The minimum absolute atomic E-state index is 0.0228. The Kier molecular flexibility index (Phi) is 11.0. The standard InChI is InChI=1S/C16H17F17N.CHF3O3S/c1-34(6-2-3-7-34)8-4-5-9(17,18)10(19,20)11(21,22)12(23,24)13(25,26)14(27,28)15(29,30)16(31,32)33;2-1(3,4)8(5,6)7/h2-8H2,1H3;(H,5,6,7)/q+1;/p-1. The van der Waals surface area contributed by atoms with Crippen molar-refractivity contribution in [1.82, 2.24) is 0 Å². The summed E-state index contributed by atoms with van der Waals surface area (Å²) in [7, 11) is -4.65. The van der Waals surface area contributed by atoms with E-state index >= 15 is 0 Å². The molecule has 1 aliphatic rings. The average Bonchev–Trinajstić information content (AvgIpc) is 3.17. The van der Waals surface area contributed by atoms with E-state index in [4.69, 9.17) is 13.0 Å². The Labute approximate surface area is 221 Å². The molecule has 0 aromatic rings. The van der Waals surface area contributed by atoms with Gasteiger partial charge in [-0.1, -0.05) is 0 Å². The molecule has 4 nitrogen and oxygen atoms in total. The zero-order valence-electron chi connectivity index (χ0n) is 20.1. The Balaban J connectivity index is 0.00000183. The first-order chi connectivity index (χ1) is 17.9. The normalized spacial score (nSPS) is 18.5. The third-order valence-corrected chi connectivity index (χ3v) is 6.47. The topological polar surface area (TPSA) is 57.2 Å². The van der Waals surface area contributed by atoms with Crippen LogP contribution in [-0.2, 0) is 10.1 Å². The highest BCUT2D eigenvalue weighted by Gasteiger charge is 2.95. The summed E-state index contributed by atoms with van der Waals surface area (Å²) in [5.41, 5.74) is -5.65. The van der Waals surface area contributed by atoms with Crippen LogP contribution < -0.4 is 0 Å². The third kappa shape index (κ3) is 7.06. The molecule has 0 N–H and O–H groups in total. The molecule has 0 aromatic carbocycles. The highest BCUT2D eigenvalue weighted by molar-refractivity contribution is 7.86. The molecule has 0 unspecified atom stereocenters. The molecule has 0 spiro atoms. The van der Waals surface area contributed by atoms with Gasteiger partial charge in [-0.3, -0.25) is 0 Å². The van der Waals surface area contributed by atoms with Crippen molar-refractivity contribution in [3.8, 4) is 0 Å². The van der Waals surface area contributed by atoms with Crippen LogP contribution in [0.3, 0.4) is 0 Å². The summed E-state index contributed by atoms with van der Waals surface area (Å²) < 4.78 is 283. The average molecular weight is 695 g/mol. The first-order valence-corrected chi connectivity index (χ1v) is 11.9. The van der Waals surface area contributed by atoms with Crippen LogP contribution in [0.5, 0.6) is 0 Å². The van der Waals surface area contributed by atoms with Gasteiger partial charge in [-0.25, -0.2) is 8.42 Å². The quantitative estimate of drug-likeness (QED) is 0.106. The lowest BCUT2D eigenvalue weighted by atomic mass is 9.88. The minimum Gasteiger partial charge on any atom is -0.741 e. The van der Waals surface area contributed by atoms with Gasteiger partial charge in [-0.15, -0.1) is 0 Å². The number of nitrogens with zero attached hydrogens (tertiary/aromatic N) is 1. The molecule has 1 saturated heterocycles. The summed E-state index contributed by atoms with van der Waals surface area (Å²) in [6, 6.07) is 0. The van der Waals surface area contributed by atoms with Gasteiger partial charge < -0.3 is 9.04 Å². The molecule has 25 heteroatoms. The summed E-state index contributed by atoms with van der Waals surface area (Å²) in [6.45, 7) is 0.287. The van der Waals surface area contributed by atoms with Crippen LogP contribution in [0.4, 0.5) is 87.8 Å². The highest BCUT2D eigenvalue weighted by Crippen LogP contribution is 2.64. The van der Waals surface area contributed by atoms with Gasteiger partial charge in [-0.05, 0) is 0 Å². The van der Waals surface area contributed by atoms with Gasteiger partial charge in [0.1, 0.15) is 0 Å². The predicted octanol–water partition coefficient (Wildman–Crippen LogP) is 7.07. The van der Waals surface area contributed by atoms with E-state index in [1.165, 1.54) is 7.05 Å². The van der Waals surface area contributed by atoms with Crippen LogP contribution in [0.25, 0.3) is 0 Å². The fourth-order valence-corrected chi connectivity index (χ4v) is 3.36. The number of rotatable bonds is 10. The van der Waals surface area contributed by atoms with Crippen LogP contribution in [0.2, 0.25) is 0 Å². The summed E-state index contributed by atoms with van der Waals surface area (Å²) in [5.74, 6) is -55.7. The Morgan fingerprint density at radius 3 is 1.14 bits per heavy atom. The van der Waals surface area contributed by atoms with E-state index in [0.717, 1.165) is 0 Å². The number of likely N-dealkylation sites (tertiary alicyclic amines) is 1. The maximum absolute atomic E-state index is 13.8. The van der Waals surface area contributed by atoms with E-state index in [1.54, 1.807) is 0 Å². The summed E-state index contributed by atoms with van der Waals surface area (Å²) in [4.78, 5) is 0. The van der Waals surface area contributed by atoms with Gasteiger partial charge in [0.05, 0.1) is 26.7 Å². The van der Waals surface area contributed by atoms with Crippen LogP contribution in [0, 0.1) is 0 Å². The molecule has 1 rings (SSSR count). The van der Waals surface area contributed by atoms with Crippen molar-refractivity contribution in [2.45, 2.75) is 78.8 Å². The van der Waals surface area contributed by atoms with Crippen LogP contribution in [-0.4, -0.2) is 97.3 Å². The molecule has 0 atom stereocenters. The van der Waals surface area contributed by atoms with Crippen molar-refractivity contribution in [1.29, 1.82) is 0 Å². The number of quaternary nitrogens is 1. The molecule has 1 fully saturated rings.